The van der Waals surface area contributed by atoms with Crippen LogP contribution in [0.1, 0.15) is 26.0 Å². The molecule has 3 nitrogen and oxygen atoms in total. The molecule has 0 aliphatic rings. The van der Waals surface area contributed by atoms with Gasteiger partial charge < -0.3 is 5.11 Å². The summed E-state index contributed by atoms with van der Waals surface area (Å²) in [6, 6.07) is 1.84. The molecule has 0 saturated heterocycles. The number of hydrogen-bond acceptors (Lipinski definition) is 2. The van der Waals surface area contributed by atoms with Crippen molar-refractivity contribution in [2.75, 3.05) is 0 Å². The first kappa shape index (κ1) is 8.27. The van der Waals surface area contributed by atoms with Crippen molar-refractivity contribution >= 4 is 0 Å². The first-order chi connectivity index (χ1) is 5.06. The highest BCUT2D eigenvalue weighted by atomic mass is 16.3. The Hall–Kier alpha value is -0.830. The van der Waals surface area contributed by atoms with Gasteiger partial charge in [0.25, 0.3) is 0 Å². The van der Waals surface area contributed by atoms with Crippen LogP contribution in [0, 0.1) is 0 Å². The summed E-state index contributed by atoms with van der Waals surface area (Å²) in [4.78, 5) is 0. The molecule has 0 bridgehead atoms. The normalized spacial score (nSPS) is 16.4. The maximum absolute atomic E-state index is 9.73. The average molecular weight is 154 g/mol. The fourth-order valence-corrected chi connectivity index (χ4v) is 0.883. The van der Waals surface area contributed by atoms with E-state index in [2.05, 4.69) is 5.10 Å². The topological polar surface area (TPSA) is 38.0 Å². The largest absolute Gasteiger partial charge is 0.384 e. The molecule has 0 saturated carbocycles. The fourth-order valence-electron chi connectivity index (χ4n) is 0.883. The molecular formula is C8H14N2O. The standard InChI is InChI=1S/C8H14N2O/c1-4-8(2,11)7-5-6-10(3)9-7/h5-6,11H,4H2,1-3H3. The van der Waals surface area contributed by atoms with Crippen molar-refractivity contribution in [2.45, 2.75) is 25.9 Å². The van der Waals surface area contributed by atoms with E-state index in [1.54, 1.807) is 11.6 Å². The molecule has 62 valence electrons. The minimum atomic E-state index is -0.777. The molecule has 1 heterocycles. The Labute approximate surface area is 66.7 Å². The first-order valence-corrected chi connectivity index (χ1v) is 3.79. The number of nitrogens with zero attached hydrogens (tertiary/aromatic N) is 2. The third kappa shape index (κ3) is 1.60. The van der Waals surface area contributed by atoms with Gasteiger partial charge in [0.05, 0.1) is 5.69 Å². The SMILES string of the molecule is CCC(C)(O)c1ccn(C)n1. The van der Waals surface area contributed by atoms with E-state index >= 15 is 0 Å². The highest BCUT2D eigenvalue weighted by Crippen LogP contribution is 2.21. The van der Waals surface area contributed by atoms with E-state index in [0.717, 1.165) is 5.69 Å². The molecule has 0 aromatic carbocycles. The average Bonchev–Trinajstić information content (AvgIpc) is 2.36. The van der Waals surface area contributed by atoms with Crippen LogP contribution < -0.4 is 0 Å². The zero-order valence-electron chi connectivity index (χ0n) is 7.20. The number of rotatable bonds is 2. The second-order valence-corrected chi connectivity index (χ2v) is 3.00. The Balaban J connectivity index is 2.92. The Morgan fingerprint density at radius 1 is 1.73 bits per heavy atom. The van der Waals surface area contributed by atoms with E-state index < -0.39 is 5.60 Å². The molecule has 0 aliphatic carbocycles. The lowest BCUT2D eigenvalue weighted by Crippen LogP contribution is -2.20. The van der Waals surface area contributed by atoms with Crippen LogP contribution in [0.2, 0.25) is 0 Å². The number of aryl methyl sites for hydroxylation is 1. The summed E-state index contributed by atoms with van der Waals surface area (Å²) in [6.07, 6.45) is 2.52. The fraction of sp³-hybridized carbons (Fsp3) is 0.625. The highest BCUT2D eigenvalue weighted by Gasteiger charge is 2.22. The van der Waals surface area contributed by atoms with Crippen molar-refractivity contribution in [3.8, 4) is 0 Å². The molecule has 0 amide bonds. The molecule has 11 heavy (non-hydrogen) atoms. The molecule has 0 fully saturated rings. The van der Waals surface area contributed by atoms with Crippen LogP contribution in [0.15, 0.2) is 12.3 Å². The van der Waals surface area contributed by atoms with Crippen molar-refractivity contribution in [1.82, 2.24) is 9.78 Å². The number of hydrogen-bond donors (Lipinski definition) is 1. The van der Waals surface area contributed by atoms with Gasteiger partial charge in [0.2, 0.25) is 0 Å². The zero-order chi connectivity index (χ0) is 8.48. The molecular weight excluding hydrogens is 140 g/mol. The maximum Gasteiger partial charge on any atom is 0.105 e. The monoisotopic (exact) mass is 154 g/mol. The van der Waals surface area contributed by atoms with Gasteiger partial charge in [0, 0.05) is 13.2 Å². The van der Waals surface area contributed by atoms with Gasteiger partial charge in [-0.2, -0.15) is 5.10 Å². The van der Waals surface area contributed by atoms with Crippen molar-refractivity contribution in [3.05, 3.63) is 18.0 Å². The second kappa shape index (κ2) is 2.66. The van der Waals surface area contributed by atoms with E-state index in [9.17, 15) is 5.11 Å². The highest BCUT2D eigenvalue weighted by molar-refractivity contribution is 5.08. The molecule has 1 aromatic heterocycles. The van der Waals surface area contributed by atoms with E-state index in [-0.39, 0.29) is 0 Å². The van der Waals surface area contributed by atoms with E-state index in [4.69, 9.17) is 0 Å². The third-order valence-electron chi connectivity index (χ3n) is 1.95. The lowest BCUT2D eigenvalue weighted by atomic mass is 10.00. The van der Waals surface area contributed by atoms with E-state index in [1.807, 2.05) is 26.2 Å². The smallest absolute Gasteiger partial charge is 0.105 e. The molecule has 1 atom stereocenters. The Morgan fingerprint density at radius 2 is 2.36 bits per heavy atom. The Kier molecular flexibility index (Phi) is 2.00. The van der Waals surface area contributed by atoms with Gasteiger partial charge in [0.1, 0.15) is 5.60 Å². The van der Waals surface area contributed by atoms with Gasteiger partial charge in [-0.15, -0.1) is 0 Å². The summed E-state index contributed by atoms with van der Waals surface area (Å²) in [5, 5.41) is 13.9. The molecule has 1 rings (SSSR count). The lowest BCUT2D eigenvalue weighted by Gasteiger charge is -2.17. The molecule has 0 radical (unpaired) electrons. The number of aromatic nitrogens is 2. The lowest BCUT2D eigenvalue weighted by molar-refractivity contribution is 0.0479. The van der Waals surface area contributed by atoms with Gasteiger partial charge in [-0.05, 0) is 19.4 Å². The summed E-state index contributed by atoms with van der Waals surface area (Å²) < 4.78 is 1.69. The van der Waals surface area contributed by atoms with Gasteiger partial charge in [-0.1, -0.05) is 6.92 Å². The van der Waals surface area contributed by atoms with Crippen molar-refractivity contribution in [3.63, 3.8) is 0 Å². The van der Waals surface area contributed by atoms with Crippen LogP contribution in [0.3, 0.4) is 0 Å². The molecule has 0 aliphatic heterocycles. The second-order valence-electron chi connectivity index (χ2n) is 3.00. The minimum absolute atomic E-state index is 0.685. The number of aliphatic hydroxyl groups is 1. The summed E-state index contributed by atoms with van der Waals surface area (Å²) in [5.74, 6) is 0. The van der Waals surface area contributed by atoms with Gasteiger partial charge >= 0.3 is 0 Å². The molecule has 1 aromatic rings. The molecule has 0 spiro atoms. The quantitative estimate of drug-likeness (QED) is 0.691. The van der Waals surface area contributed by atoms with Crippen molar-refractivity contribution < 1.29 is 5.11 Å². The maximum atomic E-state index is 9.73. The molecule has 3 heteroatoms. The summed E-state index contributed by atoms with van der Waals surface area (Å²) >= 11 is 0. The van der Waals surface area contributed by atoms with Gasteiger partial charge in [-0.25, -0.2) is 0 Å². The summed E-state index contributed by atoms with van der Waals surface area (Å²) in [6.45, 7) is 3.71. The van der Waals surface area contributed by atoms with Gasteiger partial charge in [0.15, 0.2) is 0 Å². The van der Waals surface area contributed by atoms with Crippen LogP contribution in [0.25, 0.3) is 0 Å². The zero-order valence-corrected chi connectivity index (χ0v) is 7.20. The van der Waals surface area contributed by atoms with Crippen LogP contribution in [0.5, 0.6) is 0 Å². The predicted octanol–water partition coefficient (Wildman–Crippen LogP) is 1.04. The van der Waals surface area contributed by atoms with Crippen molar-refractivity contribution in [2.24, 2.45) is 7.05 Å². The van der Waals surface area contributed by atoms with E-state index in [0.29, 0.717) is 6.42 Å². The first-order valence-electron chi connectivity index (χ1n) is 3.79. The van der Waals surface area contributed by atoms with Crippen molar-refractivity contribution in [1.29, 1.82) is 0 Å². The molecule has 1 unspecified atom stereocenters. The Bertz CT molecular complexity index is 240. The van der Waals surface area contributed by atoms with Crippen LogP contribution >= 0.6 is 0 Å². The van der Waals surface area contributed by atoms with Crippen LogP contribution in [-0.2, 0) is 12.6 Å². The summed E-state index contributed by atoms with van der Waals surface area (Å²) in [7, 11) is 1.84. The predicted molar refractivity (Wildman–Crippen MR) is 43.1 cm³/mol. The van der Waals surface area contributed by atoms with Gasteiger partial charge in [-0.3, -0.25) is 4.68 Å². The molecule has 1 N–H and O–H groups in total. The van der Waals surface area contributed by atoms with Crippen LogP contribution in [-0.4, -0.2) is 14.9 Å². The minimum Gasteiger partial charge on any atom is -0.384 e. The Morgan fingerprint density at radius 3 is 2.73 bits per heavy atom. The third-order valence-corrected chi connectivity index (χ3v) is 1.95. The van der Waals surface area contributed by atoms with E-state index in [1.165, 1.54) is 0 Å². The van der Waals surface area contributed by atoms with Crippen LogP contribution in [0.4, 0.5) is 0 Å². The summed E-state index contributed by atoms with van der Waals surface area (Å²) in [5.41, 5.74) is -0.0381.